The van der Waals surface area contributed by atoms with Gasteiger partial charge in [-0.15, -0.1) is 0 Å². The number of fused-ring (bicyclic) bond motifs is 1. The van der Waals surface area contributed by atoms with E-state index in [0.29, 0.717) is 5.69 Å². The largest absolute Gasteiger partial charge is 0.321 e. The monoisotopic (exact) mass is 281 g/mol. The highest BCUT2D eigenvalue weighted by Gasteiger charge is 2.20. The summed E-state index contributed by atoms with van der Waals surface area (Å²) >= 11 is 0. The molecule has 0 saturated heterocycles. The van der Waals surface area contributed by atoms with Gasteiger partial charge < -0.3 is 5.32 Å². The number of hydrogen-bond donors (Lipinski definition) is 1. The molecule has 1 aliphatic rings. The Hall–Kier alpha value is -2.23. The zero-order valence-corrected chi connectivity index (χ0v) is 12.4. The Balaban J connectivity index is 1.87. The Morgan fingerprint density at radius 1 is 1.10 bits per heavy atom. The number of amides is 1. The Labute approximate surface area is 124 Å². The molecule has 4 nitrogen and oxygen atoms in total. The number of anilines is 1. The molecule has 0 radical (unpaired) electrons. The Morgan fingerprint density at radius 2 is 1.90 bits per heavy atom. The van der Waals surface area contributed by atoms with Crippen LogP contribution >= 0.6 is 0 Å². The van der Waals surface area contributed by atoms with Crippen LogP contribution in [-0.2, 0) is 12.8 Å². The molecule has 1 heterocycles. The van der Waals surface area contributed by atoms with E-state index < -0.39 is 0 Å². The second kappa shape index (κ2) is 5.64. The normalized spacial score (nSPS) is 13.6. The molecule has 0 aliphatic heterocycles. The van der Waals surface area contributed by atoms with Gasteiger partial charge in [0, 0.05) is 16.9 Å². The lowest BCUT2D eigenvalue weighted by Crippen LogP contribution is -2.20. The quantitative estimate of drug-likeness (QED) is 0.919. The molecule has 0 unspecified atom stereocenters. The van der Waals surface area contributed by atoms with E-state index in [0.717, 1.165) is 48.2 Å². The molecule has 108 valence electrons. The predicted molar refractivity (Wildman–Crippen MR) is 82.5 cm³/mol. The lowest BCUT2D eigenvalue weighted by molar-refractivity contribution is 0.102. The van der Waals surface area contributed by atoms with Gasteiger partial charge in [0.1, 0.15) is 12.0 Å². The minimum absolute atomic E-state index is 0.140. The Kier molecular flexibility index (Phi) is 3.69. The fourth-order valence-electron chi connectivity index (χ4n) is 2.73. The van der Waals surface area contributed by atoms with E-state index in [1.807, 2.05) is 25.1 Å². The standard InChI is InChI=1S/C17H19N3O/c1-11-7-8-13(9-12(11)2)20-17(21)16-14-5-3-4-6-15(14)18-10-19-16/h7-10H,3-6H2,1-2H3,(H,20,21). The maximum atomic E-state index is 12.5. The molecule has 3 rings (SSSR count). The molecule has 0 saturated carbocycles. The second-order valence-corrected chi connectivity index (χ2v) is 5.61. The molecule has 4 heteroatoms. The van der Waals surface area contributed by atoms with Gasteiger partial charge in [-0.05, 0) is 62.8 Å². The van der Waals surface area contributed by atoms with Crippen molar-refractivity contribution in [3.05, 3.63) is 52.6 Å². The number of rotatable bonds is 2. The topological polar surface area (TPSA) is 54.9 Å². The average molecular weight is 281 g/mol. The summed E-state index contributed by atoms with van der Waals surface area (Å²) in [6, 6.07) is 5.93. The van der Waals surface area contributed by atoms with Crippen LogP contribution in [0.15, 0.2) is 24.5 Å². The molecule has 0 fully saturated rings. The third kappa shape index (κ3) is 2.79. The van der Waals surface area contributed by atoms with E-state index in [9.17, 15) is 4.79 Å². The average Bonchev–Trinajstić information content (AvgIpc) is 2.50. The van der Waals surface area contributed by atoms with Crippen LogP contribution in [0, 0.1) is 13.8 Å². The molecule has 1 aliphatic carbocycles. The maximum absolute atomic E-state index is 12.5. The minimum Gasteiger partial charge on any atom is -0.321 e. The van der Waals surface area contributed by atoms with Crippen molar-refractivity contribution in [1.82, 2.24) is 9.97 Å². The van der Waals surface area contributed by atoms with Gasteiger partial charge in [0.15, 0.2) is 0 Å². The zero-order valence-electron chi connectivity index (χ0n) is 12.4. The lowest BCUT2D eigenvalue weighted by atomic mass is 9.94. The smallest absolute Gasteiger partial charge is 0.274 e. The molecule has 21 heavy (non-hydrogen) atoms. The molecule has 0 atom stereocenters. The van der Waals surface area contributed by atoms with Crippen LogP contribution in [0.25, 0.3) is 0 Å². The number of carbonyl (C=O) groups is 1. The van der Waals surface area contributed by atoms with Gasteiger partial charge in [0.25, 0.3) is 5.91 Å². The molecular weight excluding hydrogens is 262 g/mol. The first-order valence-corrected chi connectivity index (χ1v) is 7.36. The SMILES string of the molecule is Cc1ccc(NC(=O)c2ncnc3c2CCCC3)cc1C. The first-order chi connectivity index (χ1) is 10.1. The van der Waals surface area contributed by atoms with Gasteiger partial charge >= 0.3 is 0 Å². The van der Waals surface area contributed by atoms with Crippen molar-refractivity contribution in [2.45, 2.75) is 39.5 Å². The van der Waals surface area contributed by atoms with E-state index in [-0.39, 0.29) is 5.91 Å². The number of carbonyl (C=O) groups excluding carboxylic acids is 1. The van der Waals surface area contributed by atoms with Gasteiger partial charge in [-0.2, -0.15) is 0 Å². The summed E-state index contributed by atoms with van der Waals surface area (Å²) in [4.78, 5) is 21.0. The first-order valence-electron chi connectivity index (χ1n) is 7.36. The van der Waals surface area contributed by atoms with E-state index in [1.165, 1.54) is 11.9 Å². The number of nitrogens with one attached hydrogen (secondary N) is 1. The highest BCUT2D eigenvalue weighted by Crippen LogP contribution is 2.22. The molecule has 2 aromatic rings. The van der Waals surface area contributed by atoms with Crippen molar-refractivity contribution < 1.29 is 4.79 Å². The predicted octanol–water partition coefficient (Wildman–Crippen LogP) is 3.22. The third-order valence-electron chi connectivity index (χ3n) is 4.10. The summed E-state index contributed by atoms with van der Waals surface area (Å²) in [6.45, 7) is 4.10. The van der Waals surface area contributed by atoms with E-state index in [1.54, 1.807) is 0 Å². The van der Waals surface area contributed by atoms with E-state index in [4.69, 9.17) is 0 Å². The van der Waals surface area contributed by atoms with Crippen molar-refractivity contribution in [1.29, 1.82) is 0 Å². The number of nitrogens with zero attached hydrogens (tertiary/aromatic N) is 2. The summed E-state index contributed by atoms with van der Waals surface area (Å²) in [5.41, 5.74) is 5.76. The molecule has 0 spiro atoms. The summed E-state index contributed by atoms with van der Waals surface area (Å²) in [7, 11) is 0. The second-order valence-electron chi connectivity index (χ2n) is 5.61. The van der Waals surface area contributed by atoms with Crippen molar-refractivity contribution in [3.63, 3.8) is 0 Å². The van der Waals surface area contributed by atoms with Crippen LogP contribution in [0.5, 0.6) is 0 Å². The molecule has 1 amide bonds. The highest BCUT2D eigenvalue weighted by molar-refractivity contribution is 6.04. The Bertz CT molecular complexity index is 694. The fraction of sp³-hybridized carbons (Fsp3) is 0.353. The van der Waals surface area contributed by atoms with Crippen molar-refractivity contribution in [2.75, 3.05) is 5.32 Å². The fourth-order valence-corrected chi connectivity index (χ4v) is 2.73. The minimum atomic E-state index is -0.140. The van der Waals surface area contributed by atoms with Crippen LogP contribution < -0.4 is 5.32 Å². The van der Waals surface area contributed by atoms with Crippen LogP contribution in [0.3, 0.4) is 0 Å². The van der Waals surface area contributed by atoms with Gasteiger partial charge in [0.05, 0.1) is 0 Å². The molecule has 0 bridgehead atoms. The van der Waals surface area contributed by atoms with Crippen LogP contribution in [0.2, 0.25) is 0 Å². The molecular formula is C17H19N3O. The van der Waals surface area contributed by atoms with Crippen LogP contribution in [0.1, 0.15) is 45.7 Å². The Morgan fingerprint density at radius 3 is 2.71 bits per heavy atom. The number of aryl methyl sites for hydroxylation is 3. The number of benzene rings is 1. The lowest BCUT2D eigenvalue weighted by Gasteiger charge is -2.17. The van der Waals surface area contributed by atoms with Gasteiger partial charge in [0.2, 0.25) is 0 Å². The van der Waals surface area contributed by atoms with Gasteiger partial charge in [-0.3, -0.25) is 4.79 Å². The summed E-state index contributed by atoms with van der Waals surface area (Å²) < 4.78 is 0. The van der Waals surface area contributed by atoms with Gasteiger partial charge in [-0.25, -0.2) is 9.97 Å². The number of hydrogen-bond acceptors (Lipinski definition) is 3. The van der Waals surface area contributed by atoms with Crippen LogP contribution in [-0.4, -0.2) is 15.9 Å². The first kappa shape index (κ1) is 13.7. The molecule has 1 aromatic heterocycles. The maximum Gasteiger partial charge on any atom is 0.274 e. The van der Waals surface area contributed by atoms with Crippen molar-refractivity contribution in [2.24, 2.45) is 0 Å². The molecule has 1 N–H and O–H groups in total. The molecule has 1 aromatic carbocycles. The summed E-state index contributed by atoms with van der Waals surface area (Å²) in [6.07, 6.45) is 5.58. The third-order valence-corrected chi connectivity index (χ3v) is 4.10. The van der Waals surface area contributed by atoms with Crippen molar-refractivity contribution in [3.8, 4) is 0 Å². The van der Waals surface area contributed by atoms with E-state index in [2.05, 4.69) is 22.2 Å². The summed E-state index contributed by atoms with van der Waals surface area (Å²) in [5, 5.41) is 2.95. The van der Waals surface area contributed by atoms with Crippen molar-refractivity contribution >= 4 is 11.6 Å². The van der Waals surface area contributed by atoms with Crippen LogP contribution in [0.4, 0.5) is 5.69 Å². The highest BCUT2D eigenvalue weighted by atomic mass is 16.1. The van der Waals surface area contributed by atoms with Gasteiger partial charge in [-0.1, -0.05) is 6.07 Å². The summed E-state index contributed by atoms with van der Waals surface area (Å²) in [5.74, 6) is -0.140. The van der Waals surface area contributed by atoms with E-state index >= 15 is 0 Å². The number of aromatic nitrogens is 2. The zero-order chi connectivity index (χ0) is 14.8.